The molecule has 1 saturated heterocycles. The summed E-state index contributed by atoms with van der Waals surface area (Å²) in [4.78, 5) is 30.6. The molecule has 1 aliphatic heterocycles. The lowest BCUT2D eigenvalue weighted by molar-refractivity contribution is -0.148. The highest BCUT2D eigenvalue weighted by molar-refractivity contribution is 5.76. The van der Waals surface area contributed by atoms with E-state index >= 15 is 0 Å². The van der Waals surface area contributed by atoms with Crippen molar-refractivity contribution in [1.29, 1.82) is 0 Å². The molecule has 0 aliphatic carbocycles. The minimum atomic E-state index is -0.450. The fraction of sp³-hybridized carbons (Fsp3) is 0.500. The van der Waals surface area contributed by atoms with E-state index in [1.54, 1.807) is 24.1 Å². The van der Waals surface area contributed by atoms with Crippen molar-refractivity contribution in [1.82, 2.24) is 19.6 Å². The van der Waals surface area contributed by atoms with Gasteiger partial charge >= 0.3 is 0 Å². The standard InChI is InChI=1S/C16H20N4O4/c1-10-4-5-19(13(21)8-10)9-14(22)20-6-7-23-11(2)15(20)16-17-12(3)18-24-16/h4-5,8,11,15H,6-7,9H2,1-3H3/t11-,15+/m1/s1. The Morgan fingerprint density at radius 1 is 1.42 bits per heavy atom. The van der Waals surface area contributed by atoms with Gasteiger partial charge < -0.3 is 18.7 Å². The lowest BCUT2D eigenvalue weighted by atomic mass is 10.1. The van der Waals surface area contributed by atoms with Crippen LogP contribution < -0.4 is 5.56 Å². The van der Waals surface area contributed by atoms with Crippen LogP contribution in [0.3, 0.4) is 0 Å². The van der Waals surface area contributed by atoms with Gasteiger partial charge in [0, 0.05) is 18.8 Å². The molecule has 2 aromatic rings. The average molecular weight is 332 g/mol. The molecule has 24 heavy (non-hydrogen) atoms. The fourth-order valence-electron chi connectivity index (χ4n) is 2.84. The number of aromatic nitrogens is 3. The van der Waals surface area contributed by atoms with Crippen LogP contribution in [0.2, 0.25) is 0 Å². The summed E-state index contributed by atoms with van der Waals surface area (Å²) in [7, 11) is 0. The molecule has 1 aliphatic rings. The molecular formula is C16H20N4O4. The number of hydrogen-bond acceptors (Lipinski definition) is 6. The first-order valence-corrected chi connectivity index (χ1v) is 7.84. The summed E-state index contributed by atoms with van der Waals surface area (Å²) in [6.45, 7) is 6.23. The second-order valence-electron chi connectivity index (χ2n) is 5.96. The number of morpholine rings is 1. The number of carbonyl (C=O) groups is 1. The van der Waals surface area contributed by atoms with E-state index in [2.05, 4.69) is 10.1 Å². The van der Waals surface area contributed by atoms with E-state index in [-0.39, 0.29) is 24.1 Å². The lowest BCUT2D eigenvalue weighted by Crippen LogP contribution is -2.49. The largest absolute Gasteiger partial charge is 0.374 e. The molecular weight excluding hydrogens is 312 g/mol. The highest BCUT2D eigenvalue weighted by Gasteiger charge is 2.37. The molecule has 128 valence electrons. The molecule has 0 radical (unpaired) electrons. The summed E-state index contributed by atoms with van der Waals surface area (Å²) in [6.07, 6.45) is 1.36. The van der Waals surface area contributed by atoms with E-state index in [0.29, 0.717) is 24.9 Å². The molecule has 1 amide bonds. The first-order chi connectivity index (χ1) is 11.5. The highest BCUT2D eigenvalue weighted by atomic mass is 16.5. The molecule has 3 heterocycles. The van der Waals surface area contributed by atoms with Crippen molar-refractivity contribution in [2.45, 2.75) is 39.5 Å². The van der Waals surface area contributed by atoms with Crippen molar-refractivity contribution in [3.05, 3.63) is 46.0 Å². The smallest absolute Gasteiger partial charge is 0.252 e. The van der Waals surface area contributed by atoms with Crippen molar-refractivity contribution >= 4 is 5.91 Å². The number of hydrogen-bond donors (Lipinski definition) is 0. The predicted molar refractivity (Wildman–Crippen MR) is 84.3 cm³/mol. The second kappa shape index (κ2) is 6.56. The number of aryl methyl sites for hydroxylation is 2. The Kier molecular flexibility index (Phi) is 4.48. The van der Waals surface area contributed by atoms with Gasteiger partial charge in [-0.2, -0.15) is 4.98 Å². The summed E-state index contributed by atoms with van der Waals surface area (Å²) in [5.74, 6) is 0.672. The van der Waals surface area contributed by atoms with Crippen LogP contribution in [-0.4, -0.2) is 44.8 Å². The van der Waals surface area contributed by atoms with E-state index in [9.17, 15) is 9.59 Å². The maximum absolute atomic E-state index is 12.8. The van der Waals surface area contributed by atoms with Crippen molar-refractivity contribution < 1.29 is 14.1 Å². The molecule has 1 fully saturated rings. The summed E-state index contributed by atoms with van der Waals surface area (Å²) >= 11 is 0. The Balaban J connectivity index is 1.84. The van der Waals surface area contributed by atoms with E-state index in [1.165, 1.54) is 10.6 Å². The molecule has 0 unspecified atom stereocenters. The third kappa shape index (κ3) is 3.23. The van der Waals surface area contributed by atoms with Crippen LogP contribution in [0, 0.1) is 13.8 Å². The maximum atomic E-state index is 12.8. The van der Waals surface area contributed by atoms with Crippen molar-refractivity contribution in [3.8, 4) is 0 Å². The molecule has 8 nitrogen and oxygen atoms in total. The first-order valence-electron chi connectivity index (χ1n) is 7.84. The summed E-state index contributed by atoms with van der Waals surface area (Å²) in [5, 5.41) is 3.79. The van der Waals surface area contributed by atoms with Crippen LogP contribution >= 0.6 is 0 Å². The minimum absolute atomic E-state index is 0.0323. The van der Waals surface area contributed by atoms with Crippen molar-refractivity contribution in [2.24, 2.45) is 0 Å². The molecule has 0 saturated carbocycles. The van der Waals surface area contributed by atoms with Gasteiger partial charge in [0.1, 0.15) is 12.6 Å². The van der Waals surface area contributed by atoms with E-state index in [0.717, 1.165) is 5.56 Å². The third-order valence-electron chi connectivity index (χ3n) is 4.07. The number of nitrogens with zero attached hydrogens (tertiary/aromatic N) is 4. The van der Waals surface area contributed by atoms with E-state index in [1.807, 2.05) is 13.8 Å². The number of ether oxygens (including phenoxy) is 1. The van der Waals surface area contributed by atoms with Gasteiger partial charge in [0.2, 0.25) is 5.91 Å². The van der Waals surface area contributed by atoms with Gasteiger partial charge in [-0.1, -0.05) is 5.16 Å². The zero-order valence-corrected chi connectivity index (χ0v) is 13.9. The van der Waals surface area contributed by atoms with Gasteiger partial charge in [0.15, 0.2) is 5.82 Å². The monoisotopic (exact) mass is 332 g/mol. The minimum Gasteiger partial charge on any atom is -0.374 e. The zero-order chi connectivity index (χ0) is 17.3. The number of pyridine rings is 1. The van der Waals surface area contributed by atoms with Gasteiger partial charge in [0.05, 0.1) is 12.7 Å². The SMILES string of the molecule is Cc1ccn(CC(=O)N2CCO[C@H](C)[C@H]2c2nc(C)no2)c(=O)c1. The average Bonchev–Trinajstić information content (AvgIpc) is 2.95. The Morgan fingerprint density at radius 3 is 2.88 bits per heavy atom. The maximum Gasteiger partial charge on any atom is 0.252 e. The normalized spacial score (nSPS) is 21.0. The van der Waals surface area contributed by atoms with Crippen LogP contribution in [0.25, 0.3) is 0 Å². The Labute approximate surface area is 139 Å². The highest BCUT2D eigenvalue weighted by Crippen LogP contribution is 2.28. The number of carbonyl (C=O) groups excluding carboxylic acids is 1. The van der Waals surface area contributed by atoms with E-state index in [4.69, 9.17) is 9.26 Å². The topological polar surface area (TPSA) is 90.5 Å². The summed E-state index contributed by atoms with van der Waals surface area (Å²) in [5.41, 5.74) is 0.665. The Hall–Kier alpha value is -2.48. The van der Waals surface area contributed by atoms with Gasteiger partial charge in [-0.3, -0.25) is 9.59 Å². The Bertz CT molecular complexity index is 797. The quantitative estimate of drug-likeness (QED) is 0.827. The molecule has 0 aromatic carbocycles. The second-order valence-corrected chi connectivity index (χ2v) is 5.96. The molecule has 3 rings (SSSR count). The first kappa shape index (κ1) is 16.4. The van der Waals surface area contributed by atoms with Gasteiger partial charge in [-0.25, -0.2) is 0 Å². The number of amides is 1. The number of rotatable bonds is 3. The third-order valence-corrected chi connectivity index (χ3v) is 4.07. The Morgan fingerprint density at radius 2 is 2.21 bits per heavy atom. The van der Waals surface area contributed by atoms with Crippen LogP contribution in [0.5, 0.6) is 0 Å². The van der Waals surface area contributed by atoms with Gasteiger partial charge in [0.25, 0.3) is 11.4 Å². The molecule has 2 aromatic heterocycles. The molecule has 0 bridgehead atoms. The predicted octanol–water partition coefficient (Wildman–Crippen LogP) is 0.837. The van der Waals surface area contributed by atoms with E-state index < -0.39 is 6.04 Å². The molecule has 2 atom stereocenters. The van der Waals surface area contributed by atoms with Crippen LogP contribution in [0.15, 0.2) is 27.6 Å². The fourth-order valence-corrected chi connectivity index (χ4v) is 2.84. The lowest BCUT2D eigenvalue weighted by Gasteiger charge is -2.37. The van der Waals surface area contributed by atoms with Crippen LogP contribution in [0.4, 0.5) is 0 Å². The van der Waals surface area contributed by atoms with Gasteiger partial charge in [-0.05, 0) is 32.4 Å². The summed E-state index contributed by atoms with van der Waals surface area (Å²) in [6, 6.07) is 2.86. The molecule has 0 N–H and O–H groups in total. The summed E-state index contributed by atoms with van der Waals surface area (Å²) < 4.78 is 12.3. The molecule has 8 heteroatoms. The van der Waals surface area contributed by atoms with Gasteiger partial charge in [-0.15, -0.1) is 0 Å². The van der Waals surface area contributed by atoms with Crippen molar-refractivity contribution in [3.63, 3.8) is 0 Å². The van der Waals surface area contributed by atoms with Crippen molar-refractivity contribution in [2.75, 3.05) is 13.2 Å². The van der Waals surface area contributed by atoms with Crippen LogP contribution in [0.1, 0.15) is 30.2 Å². The zero-order valence-electron chi connectivity index (χ0n) is 13.9. The molecule has 0 spiro atoms. The van der Waals surface area contributed by atoms with Crippen LogP contribution in [-0.2, 0) is 16.1 Å².